The summed E-state index contributed by atoms with van der Waals surface area (Å²) in [5.74, 6) is -3.49. The Labute approximate surface area is 117 Å². The third-order valence-corrected chi connectivity index (χ3v) is 3.19. The quantitative estimate of drug-likeness (QED) is 0.787. The number of aromatic nitrogens is 3. The van der Waals surface area contributed by atoms with Gasteiger partial charge in [0.1, 0.15) is 5.82 Å². The van der Waals surface area contributed by atoms with E-state index in [2.05, 4.69) is 9.97 Å². The number of nitrogens with zero attached hydrogens (tertiary/aromatic N) is 3. The largest absolute Gasteiger partial charge is 0.478 e. The van der Waals surface area contributed by atoms with Gasteiger partial charge >= 0.3 is 5.97 Å². The van der Waals surface area contributed by atoms with Crippen molar-refractivity contribution in [3.8, 4) is 11.4 Å². The first-order chi connectivity index (χ1) is 9.99. The Morgan fingerprint density at radius 3 is 2.67 bits per heavy atom. The van der Waals surface area contributed by atoms with Gasteiger partial charge in [0.15, 0.2) is 17.3 Å². The number of halogens is 2. The van der Waals surface area contributed by atoms with Crippen molar-refractivity contribution in [2.24, 2.45) is 7.05 Å². The predicted octanol–water partition coefficient (Wildman–Crippen LogP) is 2.61. The molecule has 0 aliphatic carbocycles. The molecule has 0 fully saturated rings. The highest BCUT2D eigenvalue weighted by atomic mass is 19.2. The molecule has 2 aromatic heterocycles. The van der Waals surface area contributed by atoms with Crippen LogP contribution >= 0.6 is 0 Å². The van der Waals surface area contributed by atoms with Gasteiger partial charge in [0, 0.05) is 18.8 Å². The second-order valence-corrected chi connectivity index (χ2v) is 4.46. The minimum absolute atomic E-state index is 0.00176. The normalized spacial score (nSPS) is 11.0. The van der Waals surface area contributed by atoms with E-state index in [4.69, 9.17) is 5.11 Å². The van der Waals surface area contributed by atoms with Gasteiger partial charge in [-0.3, -0.25) is 0 Å². The molecule has 0 saturated heterocycles. The molecule has 3 aromatic rings. The molecule has 0 radical (unpaired) electrons. The van der Waals surface area contributed by atoms with E-state index in [0.29, 0.717) is 17.2 Å². The fourth-order valence-corrected chi connectivity index (χ4v) is 2.18. The Kier molecular flexibility index (Phi) is 2.90. The summed E-state index contributed by atoms with van der Waals surface area (Å²) in [4.78, 5) is 19.5. The average Bonchev–Trinajstić information content (AvgIpc) is 2.79. The van der Waals surface area contributed by atoms with Crippen molar-refractivity contribution in [2.75, 3.05) is 0 Å². The maximum absolute atomic E-state index is 13.5. The van der Waals surface area contributed by atoms with Crippen LogP contribution in [0.5, 0.6) is 0 Å². The standard InChI is InChI=1S/C14H9F2N3O2/c1-19-11-3-2-4-17-12(11)18-13(19)7-5-9(15)10(16)6-8(7)14(20)21/h2-6H,1H3,(H,20,21). The highest BCUT2D eigenvalue weighted by Crippen LogP contribution is 2.27. The monoisotopic (exact) mass is 289 g/mol. The lowest BCUT2D eigenvalue weighted by Crippen LogP contribution is -2.05. The van der Waals surface area contributed by atoms with E-state index in [1.54, 1.807) is 29.9 Å². The van der Waals surface area contributed by atoms with Crippen LogP contribution in [0.1, 0.15) is 10.4 Å². The number of rotatable bonds is 2. The van der Waals surface area contributed by atoms with Crippen LogP contribution in [0.25, 0.3) is 22.6 Å². The average molecular weight is 289 g/mol. The van der Waals surface area contributed by atoms with Crippen LogP contribution in [0.3, 0.4) is 0 Å². The van der Waals surface area contributed by atoms with Gasteiger partial charge in [-0.25, -0.2) is 23.5 Å². The van der Waals surface area contributed by atoms with Gasteiger partial charge in [-0.2, -0.15) is 0 Å². The predicted molar refractivity (Wildman–Crippen MR) is 70.8 cm³/mol. The number of hydrogen-bond acceptors (Lipinski definition) is 3. The molecule has 0 spiro atoms. The molecule has 0 unspecified atom stereocenters. The molecule has 7 heteroatoms. The van der Waals surface area contributed by atoms with Crippen LogP contribution in [0, 0.1) is 11.6 Å². The molecule has 106 valence electrons. The number of carbonyl (C=O) groups is 1. The van der Waals surface area contributed by atoms with E-state index in [9.17, 15) is 13.6 Å². The summed E-state index contributed by atoms with van der Waals surface area (Å²) in [7, 11) is 1.65. The molecule has 0 aliphatic heterocycles. The van der Waals surface area contributed by atoms with Crippen molar-refractivity contribution in [1.29, 1.82) is 0 Å². The number of imidazole rings is 1. The Balaban J connectivity index is 2.34. The minimum atomic E-state index is -1.36. The second-order valence-electron chi connectivity index (χ2n) is 4.46. The first kappa shape index (κ1) is 13.2. The minimum Gasteiger partial charge on any atom is -0.478 e. The molecule has 21 heavy (non-hydrogen) atoms. The third kappa shape index (κ3) is 2.03. The zero-order valence-corrected chi connectivity index (χ0v) is 10.8. The lowest BCUT2D eigenvalue weighted by Gasteiger charge is -2.07. The number of aromatic carboxylic acids is 1. The molecule has 0 bridgehead atoms. The summed E-state index contributed by atoms with van der Waals surface area (Å²) in [6.07, 6.45) is 1.54. The van der Waals surface area contributed by atoms with Gasteiger partial charge in [0.2, 0.25) is 0 Å². The van der Waals surface area contributed by atoms with Crippen LogP contribution in [0.15, 0.2) is 30.5 Å². The summed E-state index contributed by atoms with van der Waals surface area (Å²) in [5, 5.41) is 9.17. The molecule has 0 saturated carbocycles. The topological polar surface area (TPSA) is 68.0 Å². The van der Waals surface area contributed by atoms with Crippen LogP contribution in [0.4, 0.5) is 8.78 Å². The number of benzene rings is 1. The fourth-order valence-electron chi connectivity index (χ4n) is 2.18. The number of pyridine rings is 1. The number of aryl methyl sites for hydroxylation is 1. The van der Waals surface area contributed by atoms with E-state index in [0.717, 1.165) is 6.07 Å². The van der Waals surface area contributed by atoms with Crippen LogP contribution in [0.2, 0.25) is 0 Å². The lowest BCUT2D eigenvalue weighted by molar-refractivity contribution is 0.0697. The van der Waals surface area contributed by atoms with Crippen molar-refractivity contribution in [1.82, 2.24) is 14.5 Å². The summed E-state index contributed by atoms with van der Waals surface area (Å²) < 4.78 is 28.3. The van der Waals surface area contributed by atoms with Crippen LogP contribution < -0.4 is 0 Å². The van der Waals surface area contributed by atoms with Gasteiger partial charge < -0.3 is 9.67 Å². The van der Waals surface area contributed by atoms with Gasteiger partial charge in [-0.15, -0.1) is 0 Å². The van der Waals surface area contributed by atoms with Crippen molar-refractivity contribution in [2.45, 2.75) is 0 Å². The molecule has 1 N–H and O–H groups in total. The number of carboxylic acid groups (broad SMARTS) is 1. The molecule has 2 heterocycles. The van der Waals surface area contributed by atoms with E-state index >= 15 is 0 Å². The number of fused-ring (bicyclic) bond motifs is 1. The summed E-state index contributed by atoms with van der Waals surface area (Å²) >= 11 is 0. The van der Waals surface area contributed by atoms with E-state index in [1.165, 1.54) is 0 Å². The molecule has 0 amide bonds. The Hall–Kier alpha value is -2.83. The van der Waals surface area contributed by atoms with Crippen molar-refractivity contribution in [3.05, 3.63) is 47.7 Å². The van der Waals surface area contributed by atoms with Crippen molar-refractivity contribution in [3.63, 3.8) is 0 Å². The first-order valence-corrected chi connectivity index (χ1v) is 5.99. The third-order valence-electron chi connectivity index (χ3n) is 3.19. The Morgan fingerprint density at radius 1 is 1.29 bits per heavy atom. The highest BCUT2D eigenvalue weighted by molar-refractivity contribution is 5.96. The van der Waals surface area contributed by atoms with Crippen LogP contribution in [-0.2, 0) is 7.05 Å². The van der Waals surface area contributed by atoms with Gasteiger partial charge in [0.05, 0.1) is 11.1 Å². The SMILES string of the molecule is Cn1c(-c2cc(F)c(F)cc2C(=O)O)nc2ncccc21. The highest BCUT2D eigenvalue weighted by Gasteiger charge is 2.20. The zero-order valence-electron chi connectivity index (χ0n) is 10.8. The fraction of sp³-hybridized carbons (Fsp3) is 0.0714. The van der Waals surface area contributed by atoms with Crippen molar-refractivity contribution < 1.29 is 18.7 Å². The van der Waals surface area contributed by atoms with Gasteiger partial charge in [0.25, 0.3) is 0 Å². The van der Waals surface area contributed by atoms with E-state index in [1.807, 2.05) is 0 Å². The maximum atomic E-state index is 13.5. The smallest absolute Gasteiger partial charge is 0.336 e. The van der Waals surface area contributed by atoms with Gasteiger partial charge in [-0.1, -0.05) is 0 Å². The van der Waals surface area contributed by atoms with Crippen LogP contribution in [-0.4, -0.2) is 25.6 Å². The van der Waals surface area contributed by atoms with E-state index < -0.39 is 17.6 Å². The van der Waals surface area contributed by atoms with Gasteiger partial charge in [-0.05, 0) is 24.3 Å². The molecular formula is C14H9F2N3O2. The molecule has 3 rings (SSSR count). The number of hydrogen-bond donors (Lipinski definition) is 1. The zero-order chi connectivity index (χ0) is 15.1. The van der Waals surface area contributed by atoms with E-state index in [-0.39, 0.29) is 17.0 Å². The summed E-state index contributed by atoms with van der Waals surface area (Å²) in [5.41, 5.74) is 0.707. The first-order valence-electron chi connectivity index (χ1n) is 5.99. The maximum Gasteiger partial charge on any atom is 0.336 e. The van der Waals surface area contributed by atoms with Crippen molar-refractivity contribution >= 4 is 17.1 Å². The molecule has 5 nitrogen and oxygen atoms in total. The summed E-state index contributed by atoms with van der Waals surface area (Å²) in [6, 6.07) is 4.94. The lowest BCUT2D eigenvalue weighted by atomic mass is 10.1. The molecule has 0 atom stereocenters. The number of carboxylic acids is 1. The Bertz CT molecular complexity index is 874. The molecular weight excluding hydrogens is 280 g/mol. The molecule has 1 aromatic carbocycles. The summed E-state index contributed by atoms with van der Waals surface area (Å²) in [6.45, 7) is 0. The second kappa shape index (κ2) is 4.62. The molecule has 0 aliphatic rings. The Morgan fingerprint density at radius 2 is 2.00 bits per heavy atom.